The topological polar surface area (TPSA) is 104 Å². The number of carbonyl (C=O) groups is 2. The molecule has 8 heteroatoms. The molecule has 0 aliphatic carbocycles. The summed E-state index contributed by atoms with van der Waals surface area (Å²) in [6.07, 6.45) is 2.67. The molecule has 1 aliphatic heterocycles. The number of sulfonamides is 1. The van der Waals surface area contributed by atoms with Gasteiger partial charge in [-0.15, -0.1) is 0 Å². The van der Waals surface area contributed by atoms with E-state index in [1.165, 1.54) is 35.5 Å². The summed E-state index contributed by atoms with van der Waals surface area (Å²) in [5.41, 5.74) is 0.121. The Morgan fingerprint density at radius 2 is 1.87 bits per heavy atom. The molecule has 1 fully saturated rings. The van der Waals surface area contributed by atoms with Crippen LogP contribution in [-0.4, -0.2) is 48.8 Å². The van der Waals surface area contributed by atoms with E-state index in [1.807, 2.05) is 0 Å². The van der Waals surface area contributed by atoms with Gasteiger partial charge in [0.15, 0.2) is 0 Å². The van der Waals surface area contributed by atoms with Crippen LogP contribution in [-0.2, 0) is 14.8 Å². The van der Waals surface area contributed by atoms with Gasteiger partial charge in [0, 0.05) is 18.7 Å². The van der Waals surface area contributed by atoms with Gasteiger partial charge >= 0.3 is 5.97 Å². The summed E-state index contributed by atoms with van der Waals surface area (Å²) in [7, 11) is -3.63. The number of nitrogens with one attached hydrogen (secondary N) is 1. The lowest BCUT2D eigenvalue weighted by molar-refractivity contribution is -0.138. The molecule has 1 aromatic rings. The van der Waals surface area contributed by atoms with Gasteiger partial charge in [-0.1, -0.05) is 12.5 Å². The van der Waals surface area contributed by atoms with Crippen LogP contribution in [0, 0.1) is 0 Å². The molecule has 0 unspecified atom stereocenters. The lowest BCUT2D eigenvalue weighted by atomic mass is 10.2. The van der Waals surface area contributed by atoms with Crippen molar-refractivity contribution in [1.82, 2.24) is 9.62 Å². The van der Waals surface area contributed by atoms with Crippen molar-refractivity contribution in [3.63, 3.8) is 0 Å². The first-order valence-electron chi connectivity index (χ1n) is 7.46. The predicted octanol–water partition coefficient (Wildman–Crippen LogP) is 1.06. The summed E-state index contributed by atoms with van der Waals surface area (Å²) in [5, 5.41) is 11.1. The van der Waals surface area contributed by atoms with Gasteiger partial charge in [0.25, 0.3) is 5.91 Å². The molecular weight excluding hydrogens is 320 g/mol. The van der Waals surface area contributed by atoms with Crippen molar-refractivity contribution in [2.75, 3.05) is 13.1 Å². The van der Waals surface area contributed by atoms with Crippen LogP contribution in [0.4, 0.5) is 0 Å². The van der Waals surface area contributed by atoms with E-state index in [2.05, 4.69) is 5.32 Å². The Kier molecular flexibility index (Phi) is 5.38. The number of hydrogen-bond acceptors (Lipinski definition) is 4. The van der Waals surface area contributed by atoms with E-state index in [-0.39, 0.29) is 10.5 Å². The minimum atomic E-state index is -3.63. The fourth-order valence-electron chi connectivity index (χ4n) is 2.39. The zero-order valence-corrected chi connectivity index (χ0v) is 13.7. The van der Waals surface area contributed by atoms with Gasteiger partial charge in [-0.2, -0.15) is 4.31 Å². The smallest absolute Gasteiger partial charge is 0.325 e. The minimum Gasteiger partial charge on any atom is -0.480 e. The quantitative estimate of drug-likeness (QED) is 0.834. The Balaban J connectivity index is 2.22. The monoisotopic (exact) mass is 340 g/mol. The third-order valence-corrected chi connectivity index (χ3v) is 5.66. The molecule has 23 heavy (non-hydrogen) atoms. The van der Waals surface area contributed by atoms with Crippen molar-refractivity contribution in [3.8, 4) is 0 Å². The number of carboxylic acid groups (broad SMARTS) is 1. The summed E-state index contributed by atoms with van der Waals surface area (Å²) in [6.45, 7) is 2.30. The number of piperidine rings is 1. The van der Waals surface area contributed by atoms with Gasteiger partial charge < -0.3 is 10.4 Å². The standard InChI is InChI=1S/C15H20N2O5S/c1-11(15(19)20)16-14(18)12-6-5-7-13(10-12)23(21,22)17-8-3-2-4-9-17/h5-7,10-11H,2-4,8-9H2,1H3,(H,16,18)(H,19,20)/t11-/m0/s1. The van der Waals surface area contributed by atoms with Crippen LogP contribution in [0.1, 0.15) is 36.5 Å². The van der Waals surface area contributed by atoms with E-state index < -0.39 is 27.9 Å². The van der Waals surface area contributed by atoms with Gasteiger partial charge in [0.05, 0.1) is 4.90 Å². The highest BCUT2D eigenvalue weighted by molar-refractivity contribution is 7.89. The first-order valence-corrected chi connectivity index (χ1v) is 8.90. The molecule has 0 saturated carbocycles. The maximum atomic E-state index is 12.6. The molecule has 0 radical (unpaired) electrons. The van der Waals surface area contributed by atoms with Crippen molar-refractivity contribution < 1.29 is 23.1 Å². The van der Waals surface area contributed by atoms with Crippen LogP contribution in [0.2, 0.25) is 0 Å². The third kappa shape index (κ3) is 4.08. The van der Waals surface area contributed by atoms with Crippen molar-refractivity contribution >= 4 is 21.9 Å². The highest BCUT2D eigenvalue weighted by Gasteiger charge is 2.26. The lowest BCUT2D eigenvalue weighted by Gasteiger charge is -2.26. The Morgan fingerprint density at radius 3 is 2.48 bits per heavy atom. The summed E-state index contributed by atoms with van der Waals surface area (Å²) in [6, 6.07) is 4.62. The molecule has 1 heterocycles. The second-order valence-corrected chi connectivity index (χ2v) is 7.46. The molecule has 1 aromatic carbocycles. The minimum absolute atomic E-state index is 0.0510. The Morgan fingerprint density at radius 1 is 1.22 bits per heavy atom. The van der Waals surface area contributed by atoms with Crippen LogP contribution in [0.5, 0.6) is 0 Å². The largest absolute Gasteiger partial charge is 0.480 e. The Bertz CT molecular complexity index is 696. The van der Waals surface area contributed by atoms with E-state index in [0.717, 1.165) is 19.3 Å². The van der Waals surface area contributed by atoms with Crippen LogP contribution in [0.25, 0.3) is 0 Å². The van der Waals surface area contributed by atoms with Crippen LogP contribution < -0.4 is 5.32 Å². The second kappa shape index (κ2) is 7.10. The SMILES string of the molecule is C[C@H](NC(=O)c1cccc(S(=O)(=O)N2CCCCC2)c1)C(=O)O. The molecule has 1 atom stereocenters. The number of nitrogens with zero attached hydrogens (tertiary/aromatic N) is 1. The van der Waals surface area contributed by atoms with Gasteiger partial charge in [0.2, 0.25) is 10.0 Å². The van der Waals surface area contributed by atoms with E-state index in [1.54, 1.807) is 0 Å². The molecule has 0 spiro atoms. The molecule has 1 saturated heterocycles. The van der Waals surface area contributed by atoms with Gasteiger partial charge in [-0.3, -0.25) is 9.59 Å². The van der Waals surface area contributed by atoms with E-state index in [9.17, 15) is 18.0 Å². The summed E-state index contributed by atoms with van der Waals surface area (Å²) >= 11 is 0. The number of carboxylic acids is 1. The van der Waals surface area contributed by atoms with Gasteiger partial charge in [-0.25, -0.2) is 8.42 Å². The van der Waals surface area contributed by atoms with Crippen molar-refractivity contribution in [1.29, 1.82) is 0 Å². The zero-order chi connectivity index (χ0) is 17.0. The maximum absolute atomic E-state index is 12.6. The third-order valence-electron chi connectivity index (χ3n) is 3.77. The molecule has 0 aromatic heterocycles. The number of carbonyl (C=O) groups excluding carboxylic acids is 1. The Hall–Kier alpha value is -1.93. The van der Waals surface area contributed by atoms with Gasteiger partial charge in [0.1, 0.15) is 6.04 Å². The van der Waals surface area contributed by atoms with E-state index in [4.69, 9.17) is 5.11 Å². The molecule has 0 bridgehead atoms. The van der Waals surface area contributed by atoms with E-state index in [0.29, 0.717) is 13.1 Å². The first kappa shape index (κ1) is 17.4. The number of benzene rings is 1. The highest BCUT2D eigenvalue weighted by Crippen LogP contribution is 2.21. The summed E-state index contributed by atoms with van der Waals surface area (Å²) < 4.78 is 26.6. The van der Waals surface area contributed by atoms with Crippen LogP contribution in [0.15, 0.2) is 29.2 Å². The number of hydrogen-bond donors (Lipinski definition) is 2. The maximum Gasteiger partial charge on any atom is 0.325 e. The van der Waals surface area contributed by atoms with E-state index >= 15 is 0 Å². The average Bonchev–Trinajstić information content (AvgIpc) is 2.55. The zero-order valence-electron chi connectivity index (χ0n) is 12.9. The molecule has 1 amide bonds. The molecule has 126 valence electrons. The molecule has 2 rings (SSSR count). The molecular formula is C15H20N2O5S. The lowest BCUT2D eigenvalue weighted by Crippen LogP contribution is -2.38. The fraction of sp³-hybridized carbons (Fsp3) is 0.467. The van der Waals surface area contributed by atoms with Crippen molar-refractivity contribution in [2.45, 2.75) is 37.1 Å². The highest BCUT2D eigenvalue weighted by atomic mass is 32.2. The van der Waals surface area contributed by atoms with Crippen molar-refractivity contribution in [2.24, 2.45) is 0 Å². The molecule has 2 N–H and O–H groups in total. The van der Waals surface area contributed by atoms with Crippen LogP contribution >= 0.6 is 0 Å². The summed E-state index contributed by atoms with van der Waals surface area (Å²) in [5.74, 6) is -1.77. The normalized spacial score (nSPS) is 17.4. The van der Waals surface area contributed by atoms with Crippen molar-refractivity contribution in [3.05, 3.63) is 29.8 Å². The fourth-order valence-corrected chi connectivity index (χ4v) is 3.96. The molecule has 7 nitrogen and oxygen atoms in total. The number of rotatable bonds is 5. The Labute approximate surface area is 135 Å². The number of amides is 1. The second-order valence-electron chi connectivity index (χ2n) is 5.53. The predicted molar refractivity (Wildman–Crippen MR) is 83.6 cm³/mol. The summed E-state index contributed by atoms with van der Waals surface area (Å²) in [4.78, 5) is 22.9. The first-order chi connectivity index (χ1) is 10.8. The van der Waals surface area contributed by atoms with Crippen LogP contribution in [0.3, 0.4) is 0 Å². The average molecular weight is 340 g/mol. The number of aliphatic carboxylic acids is 1. The van der Waals surface area contributed by atoms with Gasteiger partial charge in [-0.05, 0) is 38.0 Å². The molecule has 1 aliphatic rings.